The van der Waals surface area contributed by atoms with E-state index in [0.29, 0.717) is 40.9 Å². The lowest BCUT2D eigenvalue weighted by Gasteiger charge is -2.33. The monoisotopic (exact) mass is 370 g/mol. The van der Waals surface area contributed by atoms with Crippen LogP contribution in [0.2, 0.25) is 0 Å². The Hall–Kier alpha value is -1.02. The molecular formula is C14H15BrN2O3S. The van der Waals surface area contributed by atoms with Crippen molar-refractivity contribution in [3.05, 3.63) is 36.5 Å². The first-order valence-corrected chi connectivity index (χ1v) is 9.20. The van der Waals surface area contributed by atoms with Gasteiger partial charge in [-0.3, -0.25) is 4.98 Å². The number of fused-ring (bicyclic) bond motifs is 1. The third-order valence-corrected chi connectivity index (χ3v) is 6.30. The highest BCUT2D eigenvalue weighted by atomic mass is 79.9. The fourth-order valence-corrected chi connectivity index (χ4v) is 5.03. The summed E-state index contributed by atoms with van der Waals surface area (Å²) >= 11 is 3.37. The van der Waals surface area contributed by atoms with E-state index in [1.165, 1.54) is 4.31 Å². The molecule has 2 aromatic rings. The van der Waals surface area contributed by atoms with Gasteiger partial charge in [-0.1, -0.05) is 22.0 Å². The van der Waals surface area contributed by atoms with Gasteiger partial charge in [0.15, 0.2) is 0 Å². The molecule has 0 saturated carbocycles. The van der Waals surface area contributed by atoms with Gasteiger partial charge >= 0.3 is 0 Å². The second kappa shape index (κ2) is 6.00. The average Bonchev–Trinajstić information content (AvgIpc) is 2.54. The van der Waals surface area contributed by atoms with Crippen LogP contribution in [0.25, 0.3) is 10.9 Å². The molecule has 0 aliphatic carbocycles. The number of halogens is 1. The van der Waals surface area contributed by atoms with Gasteiger partial charge in [0.2, 0.25) is 10.0 Å². The summed E-state index contributed by atoms with van der Waals surface area (Å²) in [5, 5.41) is 1.20. The molecule has 7 heteroatoms. The minimum absolute atomic E-state index is 0.185. The molecule has 0 N–H and O–H groups in total. The lowest BCUT2D eigenvalue weighted by Crippen LogP contribution is -2.49. The SMILES string of the molecule is O=S(=O)(c1cccc2ncccc12)N1CCOCC1CBr. The van der Waals surface area contributed by atoms with Crippen molar-refractivity contribution in [3.63, 3.8) is 0 Å². The maximum atomic E-state index is 13.0. The molecular weight excluding hydrogens is 356 g/mol. The second-order valence-corrected chi connectivity index (χ2v) is 7.33. The van der Waals surface area contributed by atoms with E-state index in [4.69, 9.17) is 4.74 Å². The quantitative estimate of drug-likeness (QED) is 0.775. The summed E-state index contributed by atoms with van der Waals surface area (Å²) in [5.41, 5.74) is 0.683. The second-order valence-electron chi connectivity index (χ2n) is 4.83. The molecule has 1 saturated heterocycles. The molecule has 0 bridgehead atoms. The summed E-state index contributed by atoms with van der Waals surface area (Å²) in [6.07, 6.45) is 1.66. The van der Waals surface area contributed by atoms with Crippen molar-refractivity contribution in [2.75, 3.05) is 25.1 Å². The highest BCUT2D eigenvalue weighted by Gasteiger charge is 2.34. The number of pyridine rings is 1. The molecule has 112 valence electrons. The molecule has 0 amide bonds. The first-order valence-electron chi connectivity index (χ1n) is 6.64. The van der Waals surface area contributed by atoms with Crippen molar-refractivity contribution < 1.29 is 13.2 Å². The smallest absolute Gasteiger partial charge is 0.244 e. The minimum Gasteiger partial charge on any atom is -0.378 e. The fraction of sp³-hybridized carbons (Fsp3) is 0.357. The molecule has 3 rings (SSSR count). The van der Waals surface area contributed by atoms with Crippen molar-refractivity contribution in [2.24, 2.45) is 0 Å². The molecule has 5 nitrogen and oxygen atoms in total. The summed E-state index contributed by atoms with van der Waals surface area (Å²) in [4.78, 5) is 4.53. The van der Waals surface area contributed by atoms with Gasteiger partial charge in [0, 0.05) is 23.5 Å². The third-order valence-electron chi connectivity index (χ3n) is 3.54. The van der Waals surface area contributed by atoms with E-state index in [9.17, 15) is 8.42 Å². The number of sulfonamides is 1. The summed E-state index contributed by atoms with van der Waals surface area (Å²) < 4.78 is 32.9. The lowest BCUT2D eigenvalue weighted by atomic mass is 10.2. The van der Waals surface area contributed by atoms with Crippen molar-refractivity contribution in [3.8, 4) is 0 Å². The van der Waals surface area contributed by atoms with Crippen LogP contribution in [0.5, 0.6) is 0 Å². The average molecular weight is 371 g/mol. The van der Waals surface area contributed by atoms with Gasteiger partial charge < -0.3 is 4.74 Å². The summed E-state index contributed by atoms with van der Waals surface area (Å²) in [6.45, 7) is 1.20. The minimum atomic E-state index is -3.57. The first-order chi connectivity index (χ1) is 10.1. The van der Waals surface area contributed by atoms with Crippen molar-refractivity contribution in [1.29, 1.82) is 0 Å². The van der Waals surface area contributed by atoms with Crippen LogP contribution < -0.4 is 0 Å². The van der Waals surface area contributed by atoms with E-state index in [1.807, 2.05) is 6.07 Å². The Morgan fingerprint density at radius 3 is 3.00 bits per heavy atom. The van der Waals surface area contributed by atoms with E-state index in [1.54, 1.807) is 30.5 Å². The standard InChI is InChI=1S/C14H15BrN2O3S/c15-9-11-10-20-8-7-17(11)21(18,19)14-5-1-4-13-12(14)3-2-6-16-13/h1-6,11H,7-10H2. The number of nitrogens with zero attached hydrogens (tertiary/aromatic N) is 2. The highest BCUT2D eigenvalue weighted by Crippen LogP contribution is 2.27. The Kier molecular flexibility index (Phi) is 4.26. The number of morpholine rings is 1. The van der Waals surface area contributed by atoms with Crippen molar-refractivity contribution in [2.45, 2.75) is 10.9 Å². The molecule has 1 aliphatic heterocycles. The number of aromatic nitrogens is 1. The predicted octanol–water partition coefficient (Wildman–Crippen LogP) is 2.02. The molecule has 1 unspecified atom stereocenters. The topological polar surface area (TPSA) is 59.5 Å². The molecule has 1 aromatic carbocycles. The molecule has 1 aliphatic rings. The summed E-state index contributed by atoms with van der Waals surface area (Å²) in [5.74, 6) is 0. The first kappa shape index (κ1) is 14.9. The fourth-order valence-electron chi connectivity index (χ4n) is 2.50. The van der Waals surface area contributed by atoms with Crippen LogP contribution in [0.1, 0.15) is 0 Å². The normalized spacial score (nSPS) is 20.7. The van der Waals surface area contributed by atoms with Crippen LogP contribution in [0, 0.1) is 0 Å². The zero-order valence-corrected chi connectivity index (χ0v) is 13.7. The van der Waals surface area contributed by atoms with Crippen LogP contribution in [0.3, 0.4) is 0 Å². The predicted molar refractivity (Wildman–Crippen MR) is 84.0 cm³/mol. The number of rotatable bonds is 3. The molecule has 1 aromatic heterocycles. The highest BCUT2D eigenvalue weighted by molar-refractivity contribution is 9.09. The van der Waals surface area contributed by atoms with Crippen molar-refractivity contribution >= 4 is 36.9 Å². The number of alkyl halides is 1. The van der Waals surface area contributed by atoms with Gasteiger partial charge in [-0.15, -0.1) is 0 Å². The van der Waals surface area contributed by atoms with Gasteiger partial charge in [0.05, 0.1) is 29.7 Å². The van der Waals surface area contributed by atoms with E-state index in [0.717, 1.165) is 0 Å². The molecule has 21 heavy (non-hydrogen) atoms. The van der Waals surface area contributed by atoms with Gasteiger partial charge in [0.25, 0.3) is 0 Å². The third kappa shape index (κ3) is 2.70. The summed E-state index contributed by atoms with van der Waals surface area (Å²) in [6, 6.07) is 8.54. The van der Waals surface area contributed by atoms with E-state index < -0.39 is 10.0 Å². The summed E-state index contributed by atoms with van der Waals surface area (Å²) in [7, 11) is -3.57. The van der Waals surface area contributed by atoms with E-state index in [-0.39, 0.29) is 6.04 Å². The Labute approximate surface area is 132 Å². The number of hydrogen-bond donors (Lipinski definition) is 0. The van der Waals surface area contributed by atoms with Gasteiger partial charge in [-0.25, -0.2) is 8.42 Å². The van der Waals surface area contributed by atoms with Crippen molar-refractivity contribution in [1.82, 2.24) is 9.29 Å². The lowest BCUT2D eigenvalue weighted by molar-refractivity contribution is 0.0413. The maximum Gasteiger partial charge on any atom is 0.244 e. The Bertz CT molecular complexity index is 745. The van der Waals surface area contributed by atoms with E-state index in [2.05, 4.69) is 20.9 Å². The molecule has 1 atom stereocenters. The number of hydrogen-bond acceptors (Lipinski definition) is 4. The molecule has 1 fully saturated rings. The molecule has 0 spiro atoms. The van der Waals surface area contributed by atoms with Crippen LogP contribution in [0.15, 0.2) is 41.4 Å². The van der Waals surface area contributed by atoms with Gasteiger partial charge in [-0.05, 0) is 24.3 Å². The van der Waals surface area contributed by atoms with Crippen LogP contribution in [0.4, 0.5) is 0 Å². The van der Waals surface area contributed by atoms with Crippen LogP contribution >= 0.6 is 15.9 Å². The van der Waals surface area contributed by atoms with Gasteiger partial charge in [0.1, 0.15) is 0 Å². The molecule has 0 radical (unpaired) electrons. The Balaban J connectivity index is 2.12. The van der Waals surface area contributed by atoms with Gasteiger partial charge in [-0.2, -0.15) is 4.31 Å². The van der Waals surface area contributed by atoms with Crippen LogP contribution in [-0.2, 0) is 14.8 Å². The number of ether oxygens (including phenoxy) is 1. The Morgan fingerprint density at radius 1 is 1.33 bits per heavy atom. The maximum absolute atomic E-state index is 13.0. The zero-order chi connectivity index (χ0) is 14.9. The van der Waals surface area contributed by atoms with Crippen LogP contribution in [-0.4, -0.2) is 48.8 Å². The number of benzene rings is 1. The zero-order valence-electron chi connectivity index (χ0n) is 11.3. The Morgan fingerprint density at radius 2 is 2.19 bits per heavy atom. The van der Waals surface area contributed by atoms with E-state index >= 15 is 0 Å². The largest absolute Gasteiger partial charge is 0.378 e. The molecule has 2 heterocycles.